The predicted molar refractivity (Wildman–Crippen MR) is 98.9 cm³/mol. The number of amides is 1. The van der Waals surface area contributed by atoms with Gasteiger partial charge in [0.15, 0.2) is 11.5 Å². The van der Waals surface area contributed by atoms with Gasteiger partial charge in [-0.05, 0) is 54.6 Å². The molecule has 0 aliphatic carbocycles. The Morgan fingerprint density at radius 1 is 1.00 bits per heavy atom. The van der Waals surface area contributed by atoms with Crippen molar-refractivity contribution in [1.82, 2.24) is 19.7 Å². The van der Waals surface area contributed by atoms with E-state index in [1.165, 1.54) is 12.1 Å². The Morgan fingerprint density at radius 2 is 1.85 bits per heavy atom. The zero-order valence-electron chi connectivity index (χ0n) is 14.1. The molecule has 7 heteroatoms. The van der Waals surface area contributed by atoms with Gasteiger partial charge in [-0.25, -0.2) is 14.1 Å². The molecule has 27 heavy (non-hydrogen) atoms. The summed E-state index contributed by atoms with van der Waals surface area (Å²) in [5.41, 5.74) is 2.13. The monoisotopic (exact) mass is 359 g/mol. The maximum absolute atomic E-state index is 13.3. The van der Waals surface area contributed by atoms with E-state index in [1.807, 2.05) is 6.07 Å². The quantitative estimate of drug-likeness (QED) is 0.603. The lowest BCUT2D eigenvalue weighted by molar-refractivity contribution is 0.102. The molecule has 6 nitrogen and oxygen atoms in total. The summed E-state index contributed by atoms with van der Waals surface area (Å²) >= 11 is 0. The molecule has 4 aromatic rings. The lowest BCUT2D eigenvalue weighted by atomic mass is 10.1. The number of benzene rings is 1. The Bertz CT molecular complexity index is 1060. The van der Waals surface area contributed by atoms with Gasteiger partial charge in [-0.1, -0.05) is 6.07 Å². The molecule has 3 heterocycles. The Labute approximate surface area is 154 Å². The molecular weight excluding hydrogens is 345 g/mol. The van der Waals surface area contributed by atoms with E-state index < -0.39 is 0 Å². The smallest absolute Gasteiger partial charge is 0.276 e. The average Bonchev–Trinajstić information content (AvgIpc) is 3.16. The fraction of sp³-hybridized carbons (Fsp3) is 0. The van der Waals surface area contributed by atoms with Crippen molar-refractivity contribution in [2.24, 2.45) is 0 Å². The van der Waals surface area contributed by atoms with Crippen LogP contribution in [0, 0.1) is 5.82 Å². The van der Waals surface area contributed by atoms with Gasteiger partial charge in [0.1, 0.15) is 5.82 Å². The summed E-state index contributed by atoms with van der Waals surface area (Å²) in [5, 5.41) is 7.16. The molecule has 0 bridgehead atoms. The first-order valence-corrected chi connectivity index (χ1v) is 8.19. The first kappa shape index (κ1) is 16.6. The number of nitrogens with one attached hydrogen (secondary N) is 1. The summed E-state index contributed by atoms with van der Waals surface area (Å²) in [7, 11) is 0. The van der Waals surface area contributed by atoms with Crippen molar-refractivity contribution in [1.29, 1.82) is 0 Å². The first-order chi connectivity index (χ1) is 13.2. The predicted octanol–water partition coefficient (Wildman–Crippen LogP) is 3.72. The molecule has 132 valence electrons. The van der Waals surface area contributed by atoms with Gasteiger partial charge in [0.25, 0.3) is 5.91 Å². The van der Waals surface area contributed by atoms with Crippen molar-refractivity contribution < 1.29 is 9.18 Å². The average molecular weight is 359 g/mol. The number of rotatable bonds is 4. The number of aromatic nitrogens is 4. The summed E-state index contributed by atoms with van der Waals surface area (Å²) in [6.07, 6.45) is 4.81. The Morgan fingerprint density at radius 3 is 2.56 bits per heavy atom. The van der Waals surface area contributed by atoms with Crippen molar-refractivity contribution in [3.8, 4) is 17.1 Å². The number of hydrogen-bond acceptors (Lipinski definition) is 4. The molecule has 3 aromatic heterocycles. The number of nitrogens with zero attached hydrogens (tertiary/aromatic N) is 4. The van der Waals surface area contributed by atoms with Crippen LogP contribution in [-0.2, 0) is 0 Å². The molecule has 0 spiro atoms. The second kappa shape index (κ2) is 7.17. The summed E-state index contributed by atoms with van der Waals surface area (Å²) in [6.45, 7) is 0. The lowest BCUT2D eigenvalue weighted by Gasteiger charge is -2.06. The maximum atomic E-state index is 13.3. The van der Waals surface area contributed by atoms with Crippen LogP contribution in [0.2, 0.25) is 0 Å². The molecule has 1 N–H and O–H groups in total. The molecule has 0 aliphatic rings. The Kier molecular flexibility index (Phi) is 4.40. The van der Waals surface area contributed by atoms with Gasteiger partial charge in [0, 0.05) is 18.0 Å². The third-order valence-corrected chi connectivity index (χ3v) is 3.87. The van der Waals surface area contributed by atoms with Crippen LogP contribution >= 0.6 is 0 Å². The van der Waals surface area contributed by atoms with Crippen LogP contribution < -0.4 is 5.32 Å². The van der Waals surface area contributed by atoms with E-state index in [2.05, 4.69) is 20.4 Å². The topological polar surface area (TPSA) is 72.7 Å². The fourth-order valence-electron chi connectivity index (χ4n) is 2.60. The van der Waals surface area contributed by atoms with Crippen LogP contribution in [0.5, 0.6) is 0 Å². The van der Waals surface area contributed by atoms with E-state index in [1.54, 1.807) is 65.7 Å². The van der Waals surface area contributed by atoms with Gasteiger partial charge in [-0.3, -0.25) is 9.78 Å². The zero-order chi connectivity index (χ0) is 18.6. The number of carbonyl (C=O) groups excluding carboxylic acids is 1. The molecular formula is C20H14FN5O. The van der Waals surface area contributed by atoms with Gasteiger partial charge >= 0.3 is 0 Å². The van der Waals surface area contributed by atoms with E-state index in [4.69, 9.17) is 0 Å². The van der Waals surface area contributed by atoms with E-state index in [-0.39, 0.29) is 17.4 Å². The van der Waals surface area contributed by atoms with Gasteiger partial charge in [0.05, 0.1) is 17.6 Å². The Hall–Kier alpha value is -3.87. The summed E-state index contributed by atoms with van der Waals surface area (Å²) < 4.78 is 14.9. The standard InChI is InChI=1S/C20H14FN5O/c21-15-8-6-14(7-9-15)18-12-17(20(27)24-16-4-3-10-22-13-16)25-26(18)19-5-1-2-11-23-19/h1-13H,(H,24,27). The highest BCUT2D eigenvalue weighted by molar-refractivity contribution is 6.03. The summed E-state index contributed by atoms with van der Waals surface area (Å²) in [6, 6.07) is 16.5. The molecule has 1 aromatic carbocycles. The van der Waals surface area contributed by atoms with E-state index >= 15 is 0 Å². The van der Waals surface area contributed by atoms with E-state index in [9.17, 15) is 9.18 Å². The minimum atomic E-state index is -0.374. The van der Waals surface area contributed by atoms with Crippen molar-refractivity contribution in [2.45, 2.75) is 0 Å². The third-order valence-electron chi connectivity index (χ3n) is 3.87. The highest BCUT2D eigenvalue weighted by Gasteiger charge is 2.17. The van der Waals surface area contributed by atoms with Gasteiger partial charge < -0.3 is 5.32 Å². The van der Waals surface area contributed by atoms with Crippen molar-refractivity contribution in [2.75, 3.05) is 5.32 Å². The highest BCUT2D eigenvalue weighted by atomic mass is 19.1. The number of anilines is 1. The molecule has 0 saturated heterocycles. The van der Waals surface area contributed by atoms with Gasteiger partial charge in [-0.15, -0.1) is 0 Å². The van der Waals surface area contributed by atoms with Crippen molar-refractivity contribution >= 4 is 11.6 Å². The summed E-state index contributed by atoms with van der Waals surface area (Å²) in [5.74, 6) is -0.157. The zero-order valence-corrected chi connectivity index (χ0v) is 14.1. The molecule has 0 radical (unpaired) electrons. The second-order valence-electron chi connectivity index (χ2n) is 5.72. The molecule has 0 atom stereocenters. The molecule has 1 amide bonds. The van der Waals surface area contributed by atoms with E-state index in [0.29, 0.717) is 17.2 Å². The highest BCUT2D eigenvalue weighted by Crippen LogP contribution is 2.24. The molecule has 0 saturated carbocycles. The van der Waals surface area contributed by atoms with Crippen molar-refractivity contribution in [3.63, 3.8) is 0 Å². The minimum Gasteiger partial charge on any atom is -0.319 e. The Balaban J connectivity index is 1.75. The van der Waals surface area contributed by atoms with Crippen LogP contribution in [0.1, 0.15) is 10.5 Å². The molecule has 0 aliphatic heterocycles. The number of pyridine rings is 2. The number of hydrogen-bond donors (Lipinski definition) is 1. The first-order valence-electron chi connectivity index (χ1n) is 8.19. The van der Waals surface area contributed by atoms with Crippen LogP contribution in [0.4, 0.5) is 10.1 Å². The van der Waals surface area contributed by atoms with E-state index in [0.717, 1.165) is 5.56 Å². The van der Waals surface area contributed by atoms with Crippen LogP contribution in [0.15, 0.2) is 79.3 Å². The van der Waals surface area contributed by atoms with Gasteiger partial charge in [-0.2, -0.15) is 5.10 Å². The van der Waals surface area contributed by atoms with Gasteiger partial charge in [0.2, 0.25) is 0 Å². The SMILES string of the molecule is O=C(Nc1cccnc1)c1cc(-c2ccc(F)cc2)n(-c2ccccn2)n1. The largest absolute Gasteiger partial charge is 0.319 e. The van der Waals surface area contributed by atoms with Crippen LogP contribution in [0.3, 0.4) is 0 Å². The van der Waals surface area contributed by atoms with Crippen molar-refractivity contribution in [3.05, 3.63) is 90.8 Å². The van der Waals surface area contributed by atoms with Crippen LogP contribution in [-0.4, -0.2) is 25.7 Å². The molecule has 4 rings (SSSR count). The van der Waals surface area contributed by atoms with Crippen LogP contribution in [0.25, 0.3) is 17.1 Å². The molecule has 0 fully saturated rings. The maximum Gasteiger partial charge on any atom is 0.276 e. The lowest BCUT2D eigenvalue weighted by Crippen LogP contribution is -2.13. The molecule has 0 unspecified atom stereocenters. The minimum absolute atomic E-state index is 0.212. The summed E-state index contributed by atoms with van der Waals surface area (Å²) in [4.78, 5) is 20.9. The second-order valence-corrected chi connectivity index (χ2v) is 5.72. The number of halogens is 1. The normalized spacial score (nSPS) is 10.6. The third kappa shape index (κ3) is 3.57. The number of carbonyl (C=O) groups is 1. The fourth-order valence-corrected chi connectivity index (χ4v) is 2.60.